The maximum atomic E-state index is 8.71. The van der Waals surface area contributed by atoms with Crippen molar-refractivity contribution in [1.29, 1.82) is 10.8 Å². The van der Waals surface area contributed by atoms with Gasteiger partial charge in [-0.25, -0.2) is 0 Å². The van der Waals surface area contributed by atoms with E-state index >= 15 is 0 Å². The Kier molecular flexibility index (Phi) is 2.21. The van der Waals surface area contributed by atoms with Gasteiger partial charge in [0.2, 0.25) is 0 Å². The van der Waals surface area contributed by atoms with E-state index in [0.717, 1.165) is 0 Å². The largest absolute Gasteiger partial charge is 0.489 e. The van der Waals surface area contributed by atoms with Gasteiger partial charge in [-0.1, -0.05) is 6.08 Å². The van der Waals surface area contributed by atoms with E-state index in [0.29, 0.717) is 12.1 Å². The van der Waals surface area contributed by atoms with Crippen molar-refractivity contribution in [2.45, 2.75) is 12.8 Å². The highest BCUT2D eigenvalue weighted by molar-refractivity contribution is 6.60. The quantitative estimate of drug-likeness (QED) is 0.390. The molecule has 0 aliphatic heterocycles. The highest BCUT2D eigenvalue weighted by Crippen LogP contribution is 2.12. The first-order valence-electron chi connectivity index (χ1n) is 3.31. The summed E-state index contributed by atoms with van der Waals surface area (Å²) < 4.78 is 0. The predicted octanol–water partition coefficient (Wildman–Crippen LogP) is -0.242. The van der Waals surface area contributed by atoms with Crippen molar-refractivity contribution < 1.29 is 10.0 Å². The molecule has 0 radical (unpaired) electrons. The number of allylic oxidation sites excluding steroid dienone is 2. The first kappa shape index (κ1) is 8.16. The predicted molar refractivity (Wildman–Crippen MR) is 43.0 cm³/mol. The molecule has 1 rings (SSSR count). The highest BCUT2D eigenvalue weighted by Gasteiger charge is 2.22. The summed E-state index contributed by atoms with van der Waals surface area (Å²) in [5.41, 5.74) is 0.816. The number of nitrogens with one attached hydrogen (secondary N) is 2. The van der Waals surface area contributed by atoms with E-state index in [1.54, 1.807) is 0 Å². The van der Waals surface area contributed by atoms with E-state index in [9.17, 15) is 0 Å². The molecule has 0 saturated carbocycles. The van der Waals surface area contributed by atoms with Crippen molar-refractivity contribution in [3.8, 4) is 0 Å². The average molecular weight is 152 g/mol. The van der Waals surface area contributed by atoms with Crippen LogP contribution in [0.4, 0.5) is 0 Å². The standard InChI is InChI=1S/C6H9BN2O2/c8-4-1-2-5(7(10)11)6(9)3-4/h2,8-11H,1,3H2. The average Bonchev–Trinajstić information content (AvgIpc) is 1.85. The molecule has 0 aromatic rings. The monoisotopic (exact) mass is 152 g/mol. The van der Waals surface area contributed by atoms with Gasteiger partial charge in [-0.15, -0.1) is 0 Å². The van der Waals surface area contributed by atoms with E-state index in [4.69, 9.17) is 20.9 Å². The molecule has 0 atom stereocenters. The van der Waals surface area contributed by atoms with Gasteiger partial charge in [-0.05, 0) is 5.47 Å². The topological polar surface area (TPSA) is 88.2 Å². The Balaban J connectivity index is 2.81. The van der Waals surface area contributed by atoms with Crippen LogP contribution in [0.2, 0.25) is 0 Å². The van der Waals surface area contributed by atoms with Gasteiger partial charge < -0.3 is 20.9 Å². The zero-order valence-corrected chi connectivity index (χ0v) is 5.96. The first-order valence-corrected chi connectivity index (χ1v) is 3.31. The molecule has 0 aromatic carbocycles. The van der Waals surface area contributed by atoms with Crippen LogP contribution in [0.15, 0.2) is 11.5 Å². The van der Waals surface area contributed by atoms with Gasteiger partial charge in [0.25, 0.3) is 0 Å². The minimum Gasteiger partial charge on any atom is -0.423 e. The SMILES string of the molecule is N=C1CC=C(B(O)O)C(=N)C1. The van der Waals surface area contributed by atoms with Gasteiger partial charge in [0.1, 0.15) is 0 Å². The molecule has 1 aliphatic carbocycles. The Morgan fingerprint density at radius 1 is 1.36 bits per heavy atom. The summed E-state index contributed by atoms with van der Waals surface area (Å²) in [6.07, 6.45) is 2.18. The van der Waals surface area contributed by atoms with Crippen LogP contribution in [0.25, 0.3) is 0 Å². The molecule has 11 heavy (non-hydrogen) atoms. The Bertz CT molecular complexity index is 235. The molecular formula is C6H9BN2O2. The maximum absolute atomic E-state index is 8.71. The van der Waals surface area contributed by atoms with E-state index in [-0.39, 0.29) is 17.6 Å². The second-order valence-corrected chi connectivity index (χ2v) is 2.50. The molecule has 0 amide bonds. The van der Waals surface area contributed by atoms with Crippen LogP contribution in [-0.4, -0.2) is 28.6 Å². The molecule has 0 saturated heterocycles. The number of hydrogen-bond acceptors (Lipinski definition) is 4. The molecule has 0 spiro atoms. The van der Waals surface area contributed by atoms with Crippen molar-refractivity contribution >= 4 is 18.5 Å². The molecule has 0 heterocycles. The van der Waals surface area contributed by atoms with Crippen LogP contribution in [-0.2, 0) is 0 Å². The lowest BCUT2D eigenvalue weighted by atomic mass is 9.72. The lowest BCUT2D eigenvalue weighted by Gasteiger charge is -2.13. The van der Waals surface area contributed by atoms with Crippen LogP contribution in [0, 0.1) is 10.8 Å². The Labute approximate surface area is 64.7 Å². The summed E-state index contributed by atoms with van der Waals surface area (Å²) in [4.78, 5) is 0. The van der Waals surface area contributed by atoms with Crippen LogP contribution in [0.3, 0.4) is 0 Å². The zero-order chi connectivity index (χ0) is 8.43. The van der Waals surface area contributed by atoms with Crippen LogP contribution >= 0.6 is 0 Å². The number of rotatable bonds is 1. The summed E-state index contributed by atoms with van der Waals surface area (Å²) >= 11 is 0. The minimum absolute atomic E-state index is 0.135. The van der Waals surface area contributed by atoms with Gasteiger partial charge in [0, 0.05) is 24.3 Å². The molecule has 4 nitrogen and oxygen atoms in total. The van der Waals surface area contributed by atoms with Gasteiger partial charge in [0.15, 0.2) is 0 Å². The third-order valence-electron chi connectivity index (χ3n) is 1.59. The second-order valence-electron chi connectivity index (χ2n) is 2.50. The lowest BCUT2D eigenvalue weighted by Crippen LogP contribution is -2.26. The van der Waals surface area contributed by atoms with Crippen molar-refractivity contribution in [2.75, 3.05) is 0 Å². The molecule has 5 heteroatoms. The molecule has 0 unspecified atom stereocenters. The van der Waals surface area contributed by atoms with E-state index in [2.05, 4.69) is 0 Å². The smallest absolute Gasteiger partial charge is 0.423 e. The van der Waals surface area contributed by atoms with Crippen LogP contribution in [0.1, 0.15) is 12.8 Å². The molecule has 0 fully saturated rings. The lowest BCUT2D eigenvalue weighted by molar-refractivity contribution is 0.421. The zero-order valence-electron chi connectivity index (χ0n) is 5.96. The van der Waals surface area contributed by atoms with Gasteiger partial charge in [-0.3, -0.25) is 0 Å². The third-order valence-corrected chi connectivity index (χ3v) is 1.59. The third kappa shape index (κ3) is 1.75. The Hall–Kier alpha value is -0.935. The molecule has 1 aliphatic rings. The van der Waals surface area contributed by atoms with Crippen molar-refractivity contribution in [2.24, 2.45) is 0 Å². The Morgan fingerprint density at radius 2 is 2.00 bits per heavy atom. The van der Waals surface area contributed by atoms with Crippen molar-refractivity contribution in [3.05, 3.63) is 11.5 Å². The van der Waals surface area contributed by atoms with Crippen molar-refractivity contribution in [1.82, 2.24) is 0 Å². The molecule has 4 N–H and O–H groups in total. The van der Waals surface area contributed by atoms with Crippen LogP contribution in [0.5, 0.6) is 0 Å². The summed E-state index contributed by atoms with van der Waals surface area (Å²) in [7, 11) is -1.56. The van der Waals surface area contributed by atoms with Gasteiger partial charge in [-0.2, -0.15) is 0 Å². The summed E-state index contributed by atoms with van der Waals surface area (Å²) in [6.45, 7) is 0. The van der Waals surface area contributed by atoms with Gasteiger partial charge >= 0.3 is 7.12 Å². The first-order chi connectivity index (χ1) is 5.11. The fourth-order valence-corrected chi connectivity index (χ4v) is 1.01. The summed E-state index contributed by atoms with van der Waals surface area (Å²) in [5.74, 6) is 0. The van der Waals surface area contributed by atoms with E-state index in [1.165, 1.54) is 6.08 Å². The second kappa shape index (κ2) is 2.98. The fourth-order valence-electron chi connectivity index (χ4n) is 1.01. The normalized spacial score (nSPS) is 18.2. The van der Waals surface area contributed by atoms with E-state index < -0.39 is 7.12 Å². The molecule has 0 bridgehead atoms. The maximum Gasteiger partial charge on any atom is 0.489 e. The molecular weight excluding hydrogens is 143 g/mol. The highest BCUT2D eigenvalue weighted by atomic mass is 16.4. The summed E-state index contributed by atoms with van der Waals surface area (Å²) in [6, 6.07) is 0. The van der Waals surface area contributed by atoms with Crippen LogP contribution < -0.4 is 0 Å². The number of hydrogen-bond donors (Lipinski definition) is 4. The summed E-state index contributed by atoms with van der Waals surface area (Å²) in [5, 5.41) is 31.9. The van der Waals surface area contributed by atoms with Gasteiger partial charge in [0.05, 0.1) is 0 Å². The van der Waals surface area contributed by atoms with E-state index in [1.807, 2.05) is 0 Å². The fraction of sp³-hybridized carbons (Fsp3) is 0.333. The minimum atomic E-state index is -1.56. The molecule has 0 aromatic heterocycles. The molecule has 58 valence electrons. The Morgan fingerprint density at radius 3 is 2.45 bits per heavy atom. The van der Waals surface area contributed by atoms with Crippen molar-refractivity contribution in [3.63, 3.8) is 0 Å².